The lowest BCUT2D eigenvalue weighted by atomic mass is 10.3. The number of aryl methyl sites for hydroxylation is 1. The zero-order chi connectivity index (χ0) is 17.8. The number of aliphatic hydroxyl groups excluding tert-OH is 1. The molecule has 0 bridgehead atoms. The summed E-state index contributed by atoms with van der Waals surface area (Å²) in [6.07, 6.45) is 2.93. The van der Waals surface area contributed by atoms with E-state index in [-0.39, 0.29) is 18.8 Å². The summed E-state index contributed by atoms with van der Waals surface area (Å²) in [6, 6.07) is 8.93. The number of hydrogen-bond donors (Lipinski definition) is 2. The summed E-state index contributed by atoms with van der Waals surface area (Å²) in [7, 11) is 1.85. The number of anilines is 1. The van der Waals surface area contributed by atoms with Crippen molar-refractivity contribution in [3.8, 4) is 5.75 Å². The molecule has 1 aromatic carbocycles. The first-order valence-electron chi connectivity index (χ1n) is 7.73. The van der Waals surface area contributed by atoms with Crippen molar-refractivity contribution >= 4 is 17.5 Å². The molecule has 130 valence electrons. The lowest BCUT2D eigenvalue weighted by molar-refractivity contribution is -0.137. The highest BCUT2D eigenvalue weighted by Gasteiger charge is 2.30. The predicted molar refractivity (Wildman–Crippen MR) is 89.5 cm³/mol. The van der Waals surface area contributed by atoms with Gasteiger partial charge in [0, 0.05) is 25.0 Å². The van der Waals surface area contributed by atoms with Gasteiger partial charge in [-0.05, 0) is 30.3 Å². The van der Waals surface area contributed by atoms with Crippen molar-refractivity contribution in [1.29, 1.82) is 0 Å². The first-order chi connectivity index (χ1) is 12.1. The monoisotopic (exact) mass is 342 g/mol. The van der Waals surface area contributed by atoms with E-state index >= 15 is 0 Å². The van der Waals surface area contributed by atoms with E-state index in [9.17, 15) is 9.59 Å². The molecule has 2 heterocycles. The Labute approximate surface area is 144 Å². The number of hydrogen-bond acceptors (Lipinski definition) is 6. The van der Waals surface area contributed by atoms with Crippen LogP contribution in [0.4, 0.5) is 5.69 Å². The van der Waals surface area contributed by atoms with Crippen molar-refractivity contribution < 1.29 is 19.4 Å². The normalized spacial score (nSPS) is 14.0. The van der Waals surface area contributed by atoms with E-state index < -0.39 is 11.8 Å². The van der Waals surface area contributed by atoms with Crippen LogP contribution in [0.1, 0.15) is 5.69 Å². The molecule has 25 heavy (non-hydrogen) atoms. The van der Waals surface area contributed by atoms with E-state index in [4.69, 9.17) is 9.84 Å². The maximum Gasteiger partial charge on any atom is 0.277 e. The van der Waals surface area contributed by atoms with Gasteiger partial charge < -0.3 is 15.2 Å². The lowest BCUT2D eigenvalue weighted by Gasteiger charge is -2.13. The molecule has 1 aliphatic rings. The van der Waals surface area contributed by atoms with Gasteiger partial charge in [0.1, 0.15) is 18.1 Å². The Balaban J connectivity index is 1.59. The van der Waals surface area contributed by atoms with Crippen LogP contribution in [0.5, 0.6) is 5.75 Å². The molecular formula is C17H18N4O4. The molecule has 2 amide bonds. The number of β-amino-alcohol motifs (C(OH)–C–C–N with tert-alkyl or cyclic N) is 1. The molecule has 2 aromatic rings. The number of rotatable bonds is 7. The second-order valence-electron chi connectivity index (χ2n) is 5.46. The summed E-state index contributed by atoms with van der Waals surface area (Å²) in [4.78, 5) is 24.8. The minimum absolute atomic E-state index is 0.0138. The Morgan fingerprint density at radius 1 is 1.20 bits per heavy atom. The van der Waals surface area contributed by atoms with Gasteiger partial charge in [-0.15, -0.1) is 0 Å². The van der Waals surface area contributed by atoms with E-state index in [1.165, 1.54) is 6.08 Å². The fourth-order valence-electron chi connectivity index (χ4n) is 2.40. The van der Waals surface area contributed by atoms with E-state index in [1.54, 1.807) is 35.1 Å². The Morgan fingerprint density at radius 2 is 1.96 bits per heavy atom. The molecule has 3 rings (SSSR count). The number of aliphatic hydroxyl groups is 1. The summed E-state index contributed by atoms with van der Waals surface area (Å²) in [5.41, 5.74) is 1.79. The van der Waals surface area contributed by atoms with Gasteiger partial charge in [-0.25, -0.2) is 0 Å². The van der Waals surface area contributed by atoms with Crippen molar-refractivity contribution in [3.63, 3.8) is 0 Å². The highest BCUT2D eigenvalue weighted by molar-refractivity contribution is 6.17. The van der Waals surface area contributed by atoms with Crippen molar-refractivity contribution in [1.82, 2.24) is 14.7 Å². The van der Waals surface area contributed by atoms with E-state index in [1.807, 2.05) is 13.1 Å². The zero-order valence-electron chi connectivity index (χ0n) is 13.7. The van der Waals surface area contributed by atoms with Crippen LogP contribution in [0.2, 0.25) is 0 Å². The van der Waals surface area contributed by atoms with Gasteiger partial charge >= 0.3 is 0 Å². The van der Waals surface area contributed by atoms with E-state index in [2.05, 4.69) is 10.4 Å². The molecule has 0 saturated carbocycles. The number of ether oxygens (including phenoxy) is 1. The first kappa shape index (κ1) is 16.7. The third-order valence-corrected chi connectivity index (χ3v) is 3.78. The fraction of sp³-hybridized carbons (Fsp3) is 0.235. The second-order valence-corrected chi connectivity index (χ2v) is 5.46. The van der Waals surface area contributed by atoms with Crippen molar-refractivity contribution in [2.75, 3.05) is 18.5 Å². The Hall–Kier alpha value is -3.13. The molecule has 0 fully saturated rings. The third-order valence-electron chi connectivity index (χ3n) is 3.78. The lowest BCUT2D eigenvalue weighted by Crippen LogP contribution is -2.34. The molecule has 0 atom stereocenters. The van der Waals surface area contributed by atoms with Crippen LogP contribution in [0, 0.1) is 0 Å². The van der Waals surface area contributed by atoms with Crippen molar-refractivity contribution in [2.24, 2.45) is 7.05 Å². The van der Waals surface area contributed by atoms with Crippen LogP contribution in [0.15, 0.2) is 48.3 Å². The fourth-order valence-corrected chi connectivity index (χ4v) is 2.40. The Morgan fingerprint density at radius 3 is 2.60 bits per heavy atom. The minimum atomic E-state index is -0.449. The molecule has 8 nitrogen and oxygen atoms in total. The number of carbonyl (C=O) groups is 2. The number of carbonyl (C=O) groups excluding carboxylic acids is 2. The number of benzene rings is 1. The highest BCUT2D eigenvalue weighted by atomic mass is 16.5. The summed E-state index contributed by atoms with van der Waals surface area (Å²) in [5, 5.41) is 15.9. The number of nitrogens with zero attached hydrogens (tertiary/aromatic N) is 3. The predicted octanol–water partition coefficient (Wildman–Crippen LogP) is 0.656. The van der Waals surface area contributed by atoms with Crippen LogP contribution < -0.4 is 10.1 Å². The molecule has 1 aromatic heterocycles. The average Bonchev–Trinajstić information content (AvgIpc) is 3.13. The summed E-state index contributed by atoms with van der Waals surface area (Å²) < 4.78 is 7.42. The van der Waals surface area contributed by atoms with Gasteiger partial charge in [0.05, 0.1) is 18.8 Å². The van der Waals surface area contributed by atoms with Crippen molar-refractivity contribution in [2.45, 2.75) is 6.61 Å². The zero-order valence-corrected chi connectivity index (χ0v) is 13.7. The topological polar surface area (TPSA) is 96.7 Å². The molecule has 1 aliphatic heterocycles. The second kappa shape index (κ2) is 7.18. The third kappa shape index (κ3) is 3.69. The van der Waals surface area contributed by atoms with E-state index in [0.717, 1.165) is 10.6 Å². The Kier molecular flexibility index (Phi) is 4.80. The first-order valence-corrected chi connectivity index (χ1v) is 7.73. The molecule has 0 unspecified atom stereocenters. The molecule has 0 aliphatic carbocycles. The smallest absolute Gasteiger partial charge is 0.277 e. The summed E-state index contributed by atoms with van der Waals surface area (Å²) >= 11 is 0. The van der Waals surface area contributed by atoms with E-state index in [0.29, 0.717) is 18.0 Å². The number of aromatic nitrogens is 2. The molecule has 0 radical (unpaired) electrons. The highest BCUT2D eigenvalue weighted by Crippen LogP contribution is 2.20. The van der Waals surface area contributed by atoms with Crippen LogP contribution >= 0.6 is 0 Å². The van der Waals surface area contributed by atoms with Crippen LogP contribution in [-0.4, -0.2) is 44.8 Å². The summed E-state index contributed by atoms with van der Waals surface area (Å²) in [6.45, 7) is 0.124. The van der Waals surface area contributed by atoms with Crippen LogP contribution in [-0.2, 0) is 23.2 Å². The van der Waals surface area contributed by atoms with Crippen LogP contribution in [0.25, 0.3) is 0 Å². The standard InChI is InChI=1S/C17H18N4O4/c1-20-13(6-7-18-20)11-25-14-4-2-12(3-5-14)19-15-10-16(23)21(8-9-22)17(15)24/h2-7,10,19,22H,8-9,11H2,1H3. The average molecular weight is 342 g/mol. The SMILES string of the molecule is Cn1nccc1COc1ccc(NC2=CC(=O)N(CCO)C2=O)cc1. The van der Waals surface area contributed by atoms with Gasteiger partial charge in [-0.2, -0.15) is 5.10 Å². The maximum atomic E-state index is 12.1. The molecular weight excluding hydrogens is 324 g/mol. The molecule has 8 heteroatoms. The number of amides is 2. The maximum absolute atomic E-state index is 12.1. The minimum Gasteiger partial charge on any atom is -0.487 e. The number of nitrogens with one attached hydrogen (secondary N) is 1. The van der Waals surface area contributed by atoms with Gasteiger partial charge in [-0.3, -0.25) is 19.2 Å². The van der Waals surface area contributed by atoms with Gasteiger partial charge in [0.2, 0.25) is 0 Å². The molecule has 0 spiro atoms. The largest absolute Gasteiger partial charge is 0.487 e. The Bertz CT molecular complexity index is 810. The van der Waals surface area contributed by atoms with Gasteiger partial charge in [0.15, 0.2) is 0 Å². The van der Waals surface area contributed by atoms with Crippen molar-refractivity contribution in [3.05, 3.63) is 54.0 Å². The number of imide groups is 1. The molecule has 0 saturated heterocycles. The van der Waals surface area contributed by atoms with Gasteiger partial charge in [-0.1, -0.05) is 0 Å². The van der Waals surface area contributed by atoms with Gasteiger partial charge in [0.25, 0.3) is 11.8 Å². The quantitative estimate of drug-likeness (QED) is 0.718. The summed E-state index contributed by atoms with van der Waals surface area (Å²) in [5.74, 6) is -0.204. The van der Waals surface area contributed by atoms with Crippen LogP contribution in [0.3, 0.4) is 0 Å². The molecule has 2 N–H and O–H groups in total.